The number of hydrogen-bond acceptors (Lipinski definition) is 4. The van der Waals surface area contributed by atoms with Crippen LogP contribution in [-0.4, -0.2) is 17.1 Å². The Morgan fingerprint density at radius 1 is 1.00 bits per heavy atom. The van der Waals surface area contributed by atoms with Crippen LogP contribution in [0.15, 0.2) is 24.3 Å². The molecule has 0 aliphatic rings. The lowest BCUT2D eigenvalue weighted by Crippen LogP contribution is -2.12. The van der Waals surface area contributed by atoms with Crippen LogP contribution in [0.1, 0.15) is 11.4 Å². The lowest BCUT2D eigenvalue weighted by Gasteiger charge is -2.15. The molecule has 0 aliphatic heterocycles. The van der Waals surface area contributed by atoms with E-state index in [0.29, 0.717) is 6.07 Å². The number of ether oxygens (including phenoxy) is 1. The summed E-state index contributed by atoms with van der Waals surface area (Å²) in [7, 11) is 1.20. The fourth-order valence-electron chi connectivity index (χ4n) is 1.73. The molecule has 0 spiro atoms. The Morgan fingerprint density at radius 2 is 1.67 bits per heavy atom. The molecule has 1 aromatic heterocycles. The number of rotatable bonds is 3. The second-order valence-electron chi connectivity index (χ2n) is 4.44. The highest BCUT2D eigenvalue weighted by molar-refractivity contribution is 6.29. The van der Waals surface area contributed by atoms with Gasteiger partial charge in [-0.05, 0) is 18.2 Å². The van der Waals surface area contributed by atoms with Crippen LogP contribution in [-0.2, 0) is 12.4 Å². The smallest absolute Gasteiger partial charge is 0.451 e. The van der Waals surface area contributed by atoms with E-state index in [1.807, 2.05) is 0 Å². The summed E-state index contributed by atoms with van der Waals surface area (Å²) in [4.78, 5) is 6.22. The summed E-state index contributed by atoms with van der Waals surface area (Å²) >= 11 is 5.50. The number of nitrogens with zero attached hydrogens (tertiary/aromatic N) is 2. The molecule has 0 fully saturated rings. The van der Waals surface area contributed by atoms with Crippen LogP contribution in [0.5, 0.6) is 5.75 Å². The molecule has 0 bridgehead atoms. The average Bonchev–Trinajstić information content (AvgIpc) is 2.44. The molecule has 2 aromatic rings. The monoisotopic (exact) mass is 371 g/mol. The number of benzene rings is 1. The van der Waals surface area contributed by atoms with E-state index in [0.717, 1.165) is 18.2 Å². The van der Waals surface area contributed by atoms with Gasteiger partial charge in [0.25, 0.3) is 0 Å². The lowest BCUT2D eigenvalue weighted by atomic mass is 10.1. The molecular weight excluding hydrogens is 364 g/mol. The Hall–Kier alpha value is -2.23. The minimum atomic E-state index is -4.86. The standard InChI is InChI=1S/C13H8ClF6N3O/c1-24-8-3-2-6(12(15,16)17)4-7(8)21-10-5-9(14)22-11(23-10)13(18,19)20/h2-5H,1H3,(H,21,22,23). The van der Waals surface area contributed by atoms with Gasteiger partial charge in [-0.25, -0.2) is 9.97 Å². The van der Waals surface area contributed by atoms with Gasteiger partial charge in [0, 0.05) is 6.07 Å². The number of aromatic nitrogens is 2. The molecule has 0 saturated heterocycles. The van der Waals surface area contributed by atoms with Crippen molar-refractivity contribution in [2.75, 3.05) is 12.4 Å². The molecule has 0 unspecified atom stereocenters. The quantitative estimate of drug-likeness (QED) is 0.614. The number of hydrogen-bond donors (Lipinski definition) is 1. The fourth-order valence-corrected chi connectivity index (χ4v) is 1.91. The molecule has 4 nitrogen and oxygen atoms in total. The zero-order valence-electron chi connectivity index (χ0n) is 11.8. The summed E-state index contributed by atoms with van der Waals surface area (Å²) in [5, 5.41) is 1.81. The zero-order chi connectivity index (χ0) is 18.1. The minimum absolute atomic E-state index is 0.0220. The van der Waals surface area contributed by atoms with Crippen molar-refractivity contribution in [3.63, 3.8) is 0 Å². The van der Waals surface area contributed by atoms with Gasteiger partial charge in [0.2, 0.25) is 5.82 Å². The Morgan fingerprint density at radius 3 is 2.21 bits per heavy atom. The van der Waals surface area contributed by atoms with Crippen molar-refractivity contribution in [2.24, 2.45) is 0 Å². The predicted molar refractivity (Wildman–Crippen MR) is 73.3 cm³/mol. The van der Waals surface area contributed by atoms with Crippen LogP contribution in [0.3, 0.4) is 0 Å². The van der Waals surface area contributed by atoms with Crippen LogP contribution < -0.4 is 10.1 Å². The molecule has 0 radical (unpaired) electrons. The molecule has 11 heteroatoms. The van der Waals surface area contributed by atoms with E-state index >= 15 is 0 Å². The zero-order valence-corrected chi connectivity index (χ0v) is 12.5. The van der Waals surface area contributed by atoms with Crippen molar-refractivity contribution in [1.29, 1.82) is 0 Å². The second kappa shape index (κ2) is 6.34. The summed E-state index contributed by atoms with van der Waals surface area (Å²) in [6.45, 7) is 0. The van der Waals surface area contributed by atoms with Gasteiger partial charge in [0.15, 0.2) is 0 Å². The molecule has 0 aliphatic carbocycles. The molecule has 1 heterocycles. The Kier molecular flexibility index (Phi) is 4.79. The SMILES string of the molecule is COc1ccc(C(F)(F)F)cc1Nc1cc(Cl)nc(C(F)(F)F)n1. The number of halogens is 7. The van der Waals surface area contributed by atoms with E-state index in [1.165, 1.54) is 7.11 Å². The van der Waals surface area contributed by atoms with Gasteiger partial charge in [-0.2, -0.15) is 26.3 Å². The summed E-state index contributed by atoms with van der Waals surface area (Å²) < 4.78 is 81.2. The lowest BCUT2D eigenvalue weighted by molar-refractivity contribution is -0.144. The molecule has 0 saturated carbocycles. The highest BCUT2D eigenvalue weighted by atomic mass is 35.5. The van der Waals surface area contributed by atoms with Crippen LogP contribution in [0.4, 0.5) is 37.8 Å². The van der Waals surface area contributed by atoms with E-state index in [9.17, 15) is 26.3 Å². The molecule has 1 N–H and O–H groups in total. The third kappa shape index (κ3) is 4.19. The van der Waals surface area contributed by atoms with Gasteiger partial charge in [0.05, 0.1) is 18.4 Å². The maximum Gasteiger partial charge on any atom is 0.451 e. The second-order valence-corrected chi connectivity index (χ2v) is 4.82. The number of methoxy groups -OCH3 is 1. The first-order valence-electron chi connectivity index (χ1n) is 6.15. The summed E-state index contributed by atoms with van der Waals surface area (Å²) in [6, 6.07) is 3.43. The molecule has 2 rings (SSSR count). The van der Waals surface area contributed by atoms with E-state index in [4.69, 9.17) is 16.3 Å². The maximum atomic E-state index is 12.8. The first-order chi connectivity index (χ1) is 11.0. The maximum absolute atomic E-state index is 12.8. The Balaban J connectivity index is 2.45. The van der Waals surface area contributed by atoms with Gasteiger partial charge in [0.1, 0.15) is 16.7 Å². The number of nitrogens with one attached hydrogen (secondary N) is 1. The van der Waals surface area contributed by atoms with Crippen molar-refractivity contribution in [1.82, 2.24) is 9.97 Å². The van der Waals surface area contributed by atoms with Gasteiger partial charge in [-0.1, -0.05) is 11.6 Å². The van der Waals surface area contributed by atoms with Crippen molar-refractivity contribution in [3.05, 3.63) is 40.8 Å². The number of alkyl halides is 6. The van der Waals surface area contributed by atoms with Crippen LogP contribution in [0.25, 0.3) is 0 Å². The topological polar surface area (TPSA) is 47.0 Å². The van der Waals surface area contributed by atoms with E-state index in [1.54, 1.807) is 0 Å². The Bertz CT molecular complexity index is 747. The van der Waals surface area contributed by atoms with Crippen molar-refractivity contribution < 1.29 is 31.1 Å². The third-order valence-electron chi connectivity index (χ3n) is 2.74. The van der Waals surface area contributed by atoms with Gasteiger partial charge >= 0.3 is 12.4 Å². The summed E-state index contributed by atoms with van der Waals surface area (Å²) in [6.07, 6.45) is -9.50. The predicted octanol–water partition coefficient (Wildman–Crippen LogP) is 4.92. The van der Waals surface area contributed by atoms with Gasteiger partial charge in [-0.3, -0.25) is 0 Å². The number of anilines is 2. The van der Waals surface area contributed by atoms with Gasteiger partial charge in [-0.15, -0.1) is 0 Å². The van der Waals surface area contributed by atoms with Crippen molar-refractivity contribution in [2.45, 2.75) is 12.4 Å². The van der Waals surface area contributed by atoms with Crippen molar-refractivity contribution in [3.8, 4) is 5.75 Å². The van der Waals surface area contributed by atoms with Crippen LogP contribution >= 0.6 is 11.6 Å². The summed E-state index contributed by atoms with van der Waals surface area (Å²) in [5.41, 5.74) is -1.24. The molecule has 1 aromatic carbocycles. The largest absolute Gasteiger partial charge is 0.495 e. The van der Waals surface area contributed by atoms with Crippen molar-refractivity contribution >= 4 is 23.1 Å². The molecule has 130 valence electrons. The first kappa shape index (κ1) is 18.1. The van der Waals surface area contributed by atoms with E-state index < -0.39 is 34.7 Å². The average molecular weight is 372 g/mol. The van der Waals surface area contributed by atoms with Crippen LogP contribution in [0.2, 0.25) is 5.15 Å². The Labute approximate surface area is 136 Å². The highest BCUT2D eigenvalue weighted by Gasteiger charge is 2.35. The fraction of sp³-hybridized carbons (Fsp3) is 0.231. The summed E-state index contributed by atoms with van der Waals surface area (Å²) in [5.74, 6) is -1.98. The van der Waals surface area contributed by atoms with Gasteiger partial charge < -0.3 is 10.1 Å². The molecular formula is C13H8ClF6N3O. The minimum Gasteiger partial charge on any atom is -0.495 e. The molecule has 24 heavy (non-hydrogen) atoms. The molecule has 0 atom stereocenters. The van der Waals surface area contributed by atoms with E-state index in [-0.39, 0.29) is 11.4 Å². The third-order valence-corrected chi connectivity index (χ3v) is 2.93. The normalized spacial score (nSPS) is 12.2. The first-order valence-corrected chi connectivity index (χ1v) is 6.52. The highest BCUT2D eigenvalue weighted by Crippen LogP contribution is 2.36. The molecule has 0 amide bonds. The van der Waals surface area contributed by atoms with Crippen LogP contribution in [0, 0.1) is 0 Å². The van der Waals surface area contributed by atoms with E-state index in [2.05, 4.69) is 15.3 Å².